The Bertz CT molecular complexity index is 870. The number of amides is 1. The third-order valence-corrected chi connectivity index (χ3v) is 3.77. The number of benzene rings is 2. The monoisotopic (exact) mass is 325 g/mol. The minimum atomic E-state index is -0.123. The Morgan fingerprint density at radius 3 is 2.96 bits per heavy atom. The summed E-state index contributed by atoms with van der Waals surface area (Å²) >= 11 is 6.03. The van der Waals surface area contributed by atoms with Gasteiger partial charge < -0.3 is 5.32 Å². The lowest BCUT2D eigenvalue weighted by Gasteiger charge is -2.06. The van der Waals surface area contributed by atoms with Crippen molar-refractivity contribution < 1.29 is 4.79 Å². The molecule has 23 heavy (non-hydrogen) atoms. The quantitative estimate of drug-likeness (QED) is 0.728. The van der Waals surface area contributed by atoms with E-state index in [1.807, 2.05) is 41.1 Å². The predicted molar refractivity (Wildman–Crippen MR) is 92.8 cm³/mol. The van der Waals surface area contributed by atoms with Crippen molar-refractivity contribution in [2.24, 2.45) is 0 Å². The van der Waals surface area contributed by atoms with Crippen molar-refractivity contribution in [2.75, 3.05) is 6.54 Å². The van der Waals surface area contributed by atoms with E-state index in [2.05, 4.69) is 17.0 Å². The Labute approximate surface area is 139 Å². The molecule has 2 aromatic carbocycles. The van der Waals surface area contributed by atoms with Crippen molar-refractivity contribution in [3.63, 3.8) is 0 Å². The Hall–Kier alpha value is -2.59. The van der Waals surface area contributed by atoms with E-state index in [0.29, 0.717) is 23.7 Å². The molecule has 5 heteroatoms. The molecule has 116 valence electrons. The first-order chi connectivity index (χ1) is 11.2. The SMILES string of the molecule is C=CCNC(=O)c1ccc2cnn(Cc3cccc(Cl)c3)c2c1. The second-order valence-corrected chi connectivity index (χ2v) is 5.64. The fourth-order valence-electron chi connectivity index (χ4n) is 2.41. The van der Waals surface area contributed by atoms with Gasteiger partial charge in [0.25, 0.3) is 5.91 Å². The lowest BCUT2D eigenvalue weighted by molar-refractivity contribution is 0.0958. The van der Waals surface area contributed by atoms with Gasteiger partial charge in [0.1, 0.15) is 0 Å². The van der Waals surface area contributed by atoms with Crippen LogP contribution in [-0.4, -0.2) is 22.2 Å². The van der Waals surface area contributed by atoms with E-state index >= 15 is 0 Å². The molecular weight excluding hydrogens is 310 g/mol. The molecule has 0 saturated heterocycles. The summed E-state index contributed by atoms with van der Waals surface area (Å²) in [5.41, 5.74) is 2.58. The average molecular weight is 326 g/mol. The van der Waals surface area contributed by atoms with Crippen LogP contribution in [0.25, 0.3) is 10.9 Å². The van der Waals surface area contributed by atoms with Gasteiger partial charge in [-0.05, 0) is 29.8 Å². The van der Waals surface area contributed by atoms with Crippen LogP contribution in [0.2, 0.25) is 5.02 Å². The number of rotatable bonds is 5. The summed E-state index contributed by atoms with van der Waals surface area (Å²) in [7, 11) is 0. The number of fused-ring (bicyclic) bond motifs is 1. The smallest absolute Gasteiger partial charge is 0.251 e. The van der Waals surface area contributed by atoms with Crippen LogP contribution in [0.5, 0.6) is 0 Å². The van der Waals surface area contributed by atoms with Crippen LogP contribution in [0.4, 0.5) is 0 Å². The van der Waals surface area contributed by atoms with Crippen LogP contribution in [0, 0.1) is 0 Å². The first-order valence-electron chi connectivity index (χ1n) is 7.26. The number of carbonyl (C=O) groups excluding carboxylic acids is 1. The maximum absolute atomic E-state index is 12.1. The van der Waals surface area contributed by atoms with Gasteiger partial charge in [0, 0.05) is 22.5 Å². The van der Waals surface area contributed by atoms with Gasteiger partial charge in [0.2, 0.25) is 0 Å². The summed E-state index contributed by atoms with van der Waals surface area (Å²) in [5, 5.41) is 8.88. The number of hydrogen-bond donors (Lipinski definition) is 1. The summed E-state index contributed by atoms with van der Waals surface area (Å²) < 4.78 is 1.87. The molecule has 0 radical (unpaired) electrons. The molecule has 0 aliphatic rings. The Kier molecular flexibility index (Phi) is 4.44. The van der Waals surface area contributed by atoms with Crippen LogP contribution >= 0.6 is 11.6 Å². The fourth-order valence-corrected chi connectivity index (χ4v) is 2.63. The Morgan fingerprint density at radius 2 is 2.17 bits per heavy atom. The van der Waals surface area contributed by atoms with Gasteiger partial charge in [-0.3, -0.25) is 9.48 Å². The highest BCUT2D eigenvalue weighted by Gasteiger charge is 2.09. The van der Waals surface area contributed by atoms with Crippen LogP contribution < -0.4 is 5.32 Å². The van der Waals surface area contributed by atoms with E-state index in [-0.39, 0.29) is 5.91 Å². The maximum atomic E-state index is 12.1. The van der Waals surface area contributed by atoms with Gasteiger partial charge in [-0.25, -0.2) is 0 Å². The van der Waals surface area contributed by atoms with E-state index in [0.717, 1.165) is 16.5 Å². The van der Waals surface area contributed by atoms with E-state index < -0.39 is 0 Å². The fraction of sp³-hybridized carbons (Fsp3) is 0.111. The third-order valence-electron chi connectivity index (χ3n) is 3.54. The van der Waals surface area contributed by atoms with Crippen LogP contribution in [0.3, 0.4) is 0 Å². The molecule has 0 saturated carbocycles. The second-order valence-electron chi connectivity index (χ2n) is 5.20. The minimum absolute atomic E-state index is 0.123. The van der Waals surface area contributed by atoms with E-state index in [9.17, 15) is 4.79 Å². The number of halogens is 1. The zero-order valence-corrected chi connectivity index (χ0v) is 13.3. The highest BCUT2D eigenvalue weighted by Crippen LogP contribution is 2.18. The van der Waals surface area contributed by atoms with Gasteiger partial charge >= 0.3 is 0 Å². The standard InChI is InChI=1S/C18H16ClN3O/c1-2-8-20-18(23)14-6-7-15-11-21-22(17(15)10-14)12-13-4-3-5-16(19)9-13/h2-7,9-11H,1,8,12H2,(H,20,23). The average Bonchev–Trinajstić information content (AvgIpc) is 2.95. The Morgan fingerprint density at radius 1 is 1.30 bits per heavy atom. The highest BCUT2D eigenvalue weighted by molar-refractivity contribution is 6.30. The molecular formula is C18H16ClN3O. The van der Waals surface area contributed by atoms with E-state index in [4.69, 9.17) is 11.6 Å². The second kappa shape index (κ2) is 6.67. The van der Waals surface area contributed by atoms with Crippen molar-refractivity contribution in [1.82, 2.24) is 15.1 Å². The molecule has 0 unspecified atom stereocenters. The number of nitrogens with one attached hydrogen (secondary N) is 1. The molecule has 0 bridgehead atoms. The molecule has 3 aromatic rings. The van der Waals surface area contributed by atoms with Crippen molar-refractivity contribution in [2.45, 2.75) is 6.54 Å². The van der Waals surface area contributed by atoms with Crippen molar-refractivity contribution in [1.29, 1.82) is 0 Å². The molecule has 1 N–H and O–H groups in total. The van der Waals surface area contributed by atoms with Crippen LogP contribution in [0.15, 0.2) is 61.3 Å². The molecule has 1 aromatic heterocycles. The number of carbonyl (C=O) groups is 1. The number of aromatic nitrogens is 2. The molecule has 4 nitrogen and oxygen atoms in total. The Balaban J connectivity index is 1.92. The molecule has 0 atom stereocenters. The zero-order valence-electron chi connectivity index (χ0n) is 12.5. The molecule has 3 rings (SSSR count). The largest absolute Gasteiger partial charge is 0.349 e. The lowest BCUT2D eigenvalue weighted by Crippen LogP contribution is -2.23. The molecule has 0 spiro atoms. The summed E-state index contributed by atoms with van der Waals surface area (Å²) in [6.07, 6.45) is 3.45. The third kappa shape index (κ3) is 3.43. The molecule has 0 aliphatic heterocycles. The van der Waals surface area contributed by atoms with Gasteiger partial charge in [0.15, 0.2) is 0 Å². The first-order valence-corrected chi connectivity index (χ1v) is 7.64. The summed E-state index contributed by atoms with van der Waals surface area (Å²) in [6, 6.07) is 13.2. The van der Waals surface area contributed by atoms with E-state index in [1.165, 1.54) is 0 Å². The van der Waals surface area contributed by atoms with Crippen molar-refractivity contribution >= 4 is 28.4 Å². The maximum Gasteiger partial charge on any atom is 0.251 e. The number of hydrogen-bond acceptors (Lipinski definition) is 2. The molecule has 1 heterocycles. The normalized spacial score (nSPS) is 10.7. The van der Waals surface area contributed by atoms with Crippen LogP contribution in [-0.2, 0) is 6.54 Å². The number of nitrogens with zero attached hydrogens (tertiary/aromatic N) is 2. The zero-order chi connectivity index (χ0) is 16.2. The molecule has 1 amide bonds. The summed E-state index contributed by atoms with van der Waals surface area (Å²) in [4.78, 5) is 12.1. The first kappa shape index (κ1) is 15.3. The molecule has 0 aliphatic carbocycles. The molecule has 0 fully saturated rings. The van der Waals surface area contributed by atoms with Gasteiger partial charge in [0.05, 0.1) is 18.3 Å². The topological polar surface area (TPSA) is 46.9 Å². The minimum Gasteiger partial charge on any atom is -0.349 e. The van der Waals surface area contributed by atoms with Crippen molar-refractivity contribution in [3.05, 3.63) is 77.5 Å². The van der Waals surface area contributed by atoms with Gasteiger partial charge in [-0.15, -0.1) is 6.58 Å². The lowest BCUT2D eigenvalue weighted by atomic mass is 10.1. The highest BCUT2D eigenvalue weighted by atomic mass is 35.5. The van der Waals surface area contributed by atoms with Crippen molar-refractivity contribution in [3.8, 4) is 0 Å². The van der Waals surface area contributed by atoms with Gasteiger partial charge in [-0.1, -0.05) is 35.9 Å². The van der Waals surface area contributed by atoms with Gasteiger partial charge in [-0.2, -0.15) is 5.10 Å². The summed E-state index contributed by atoms with van der Waals surface area (Å²) in [6.45, 7) is 4.64. The van der Waals surface area contributed by atoms with Crippen LogP contribution in [0.1, 0.15) is 15.9 Å². The summed E-state index contributed by atoms with van der Waals surface area (Å²) in [5.74, 6) is -0.123. The van der Waals surface area contributed by atoms with E-state index in [1.54, 1.807) is 18.3 Å². The predicted octanol–water partition coefficient (Wildman–Crippen LogP) is 3.65.